The van der Waals surface area contributed by atoms with Crippen LogP contribution in [0.1, 0.15) is 20.9 Å². The van der Waals surface area contributed by atoms with E-state index in [1.54, 1.807) is 6.92 Å². The number of hydrogen-bond donors (Lipinski definition) is 3. The number of aliphatic hydroxyl groups is 1. The smallest absolute Gasteiger partial charge is 0.267 e. The summed E-state index contributed by atoms with van der Waals surface area (Å²) in [5.74, 6) is -0.207. The van der Waals surface area contributed by atoms with Gasteiger partial charge in [-0.1, -0.05) is 23.5 Å². The summed E-state index contributed by atoms with van der Waals surface area (Å²) in [5, 5.41) is 12.0. The van der Waals surface area contributed by atoms with Crippen LogP contribution in [0.3, 0.4) is 0 Å². The maximum Gasteiger partial charge on any atom is 0.267 e. The van der Waals surface area contributed by atoms with Crippen molar-refractivity contribution in [3.8, 4) is 0 Å². The van der Waals surface area contributed by atoms with Gasteiger partial charge in [-0.25, -0.2) is 4.98 Å². The molecule has 0 saturated heterocycles. The highest BCUT2D eigenvalue weighted by Gasteiger charge is 2.14. The molecule has 0 aliphatic heterocycles. The third-order valence-corrected chi connectivity index (χ3v) is 3.62. The Morgan fingerprint density at radius 1 is 1.42 bits per heavy atom. The number of aromatic nitrogens is 1. The Labute approximate surface area is 115 Å². The van der Waals surface area contributed by atoms with Crippen molar-refractivity contribution in [3.05, 3.63) is 40.4 Å². The van der Waals surface area contributed by atoms with E-state index in [-0.39, 0.29) is 12.5 Å². The van der Waals surface area contributed by atoms with E-state index < -0.39 is 0 Å². The van der Waals surface area contributed by atoms with Crippen molar-refractivity contribution in [2.75, 3.05) is 17.7 Å². The van der Waals surface area contributed by atoms with E-state index in [1.807, 2.05) is 24.3 Å². The molecule has 4 N–H and O–H groups in total. The molecule has 1 aromatic heterocycles. The van der Waals surface area contributed by atoms with E-state index in [4.69, 9.17) is 10.8 Å². The van der Waals surface area contributed by atoms with Crippen molar-refractivity contribution >= 4 is 28.1 Å². The Kier molecular flexibility index (Phi) is 4.13. The van der Waals surface area contributed by atoms with Crippen LogP contribution in [-0.4, -0.2) is 22.6 Å². The Morgan fingerprint density at radius 3 is 2.63 bits per heavy atom. The SMILES string of the molecule is Cc1nc(N)sc1C(=O)Nc1ccc(CCO)cc1. The van der Waals surface area contributed by atoms with E-state index in [2.05, 4.69) is 10.3 Å². The molecule has 2 rings (SSSR count). The van der Waals surface area contributed by atoms with Gasteiger partial charge in [0.1, 0.15) is 4.88 Å². The van der Waals surface area contributed by atoms with Crippen LogP contribution in [-0.2, 0) is 6.42 Å². The van der Waals surface area contributed by atoms with Crippen LogP contribution in [0.25, 0.3) is 0 Å². The third-order valence-electron chi connectivity index (χ3n) is 2.63. The van der Waals surface area contributed by atoms with Crippen LogP contribution in [0.15, 0.2) is 24.3 Å². The highest BCUT2D eigenvalue weighted by molar-refractivity contribution is 7.17. The minimum Gasteiger partial charge on any atom is -0.396 e. The first-order valence-electron chi connectivity index (χ1n) is 5.84. The molecule has 1 amide bonds. The molecule has 0 unspecified atom stereocenters. The maximum absolute atomic E-state index is 12.0. The summed E-state index contributed by atoms with van der Waals surface area (Å²) in [5.41, 5.74) is 7.94. The molecule has 5 nitrogen and oxygen atoms in total. The van der Waals surface area contributed by atoms with Crippen molar-refractivity contribution in [2.45, 2.75) is 13.3 Å². The van der Waals surface area contributed by atoms with Gasteiger partial charge in [-0.2, -0.15) is 0 Å². The molecule has 2 aromatic rings. The zero-order chi connectivity index (χ0) is 13.8. The van der Waals surface area contributed by atoms with Gasteiger partial charge in [0.15, 0.2) is 5.13 Å². The van der Waals surface area contributed by atoms with Crippen LogP contribution in [0.5, 0.6) is 0 Å². The minimum absolute atomic E-state index is 0.116. The molecule has 19 heavy (non-hydrogen) atoms. The molecular weight excluding hydrogens is 262 g/mol. The molecular formula is C13H15N3O2S. The molecule has 100 valence electrons. The number of aliphatic hydroxyl groups excluding tert-OH is 1. The molecule has 0 bridgehead atoms. The van der Waals surface area contributed by atoms with E-state index in [9.17, 15) is 4.79 Å². The number of nitrogen functional groups attached to an aromatic ring is 1. The van der Waals surface area contributed by atoms with E-state index in [1.165, 1.54) is 11.3 Å². The summed E-state index contributed by atoms with van der Waals surface area (Å²) in [6, 6.07) is 7.37. The Bertz CT molecular complexity index is 578. The lowest BCUT2D eigenvalue weighted by molar-refractivity contribution is 0.103. The Hall–Kier alpha value is -1.92. The van der Waals surface area contributed by atoms with Gasteiger partial charge in [0.05, 0.1) is 5.69 Å². The summed E-state index contributed by atoms with van der Waals surface area (Å²) in [6.45, 7) is 1.87. The van der Waals surface area contributed by atoms with E-state index >= 15 is 0 Å². The second-order valence-electron chi connectivity index (χ2n) is 4.09. The number of hydrogen-bond acceptors (Lipinski definition) is 5. The lowest BCUT2D eigenvalue weighted by Crippen LogP contribution is -2.11. The maximum atomic E-state index is 12.0. The number of amides is 1. The summed E-state index contributed by atoms with van der Waals surface area (Å²) in [6.07, 6.45) is 0.610. The summed E-state index contributed by atoms with van der Waals surface area (Å²) in [4.78, 5) is 16.6. The fourth-order valence-electron chi connectivity index (χ4n) is 1.70. The molecule has 0 radical (unpaired) electrons. The number of aryl methyl sites for hydroxylation is 1. The summed E-state index contributed by atoms with van der Waals surface area (Å²) < 4.78 is 0. The van der Waals surface area contributed by atoms with Gasteiger partial charge in [-0.05, 0) is 31.0 Å². The molecule has 0 spiro atoms. The molecule has 6 heteroatoms. The van der Waals surface area contributed by atoms with Gasteiger partial charge in [0.25, 0.3) is 5.91 Å². The lowest BCUT2D eigenvalue weighted by atomic mass is 10.1. The summed E-state index contributed by atoms with van der Waals surface area (Å²) in [7, 11) is 0. The van der Waals surface area contributed by atoms with Crippen molar-refractivity contribution in [2.24, 2.45) is 0 Å². The van der Waals surface area contributed by atoms with Crippen molar-refractivity contribution in [1.82, 2.24) is 4.98 Å². The predicted molar refractivity (Wildman–Crippen MR) is 76.4 cm³/mol. The van der Waals surface area contributed by atoms with Crippen LogP contribution in [0.2, 0.25) is 0 Å². The average molecular weight is 277 g/mol. The van der Waals surface area contributed by atoms with Crippen LogP contribution in [0.4, 0.5) is 10.8 Å². The third kappa shape index (κ3) is 3.30. The number of carbonyl (C=O) groups excluding carboxylic acids is 1. The van der Waals surface area contributed by atoms with Gasteiger partial charge < -0.3 is 16.2 Å². The van der Waals surface area contributed by atoms with Gasteiger partial charge in [0.2, 0.25) is 0 Å². The fourth-order valence-corrected chi connectivity index (χ4v) is 2.43. The Morgan fingerprint density at radius 2 is 2.11 bits per heavy atom. The number of nitrogens with two attached hydrogens (primary N) is 1. The zero-order valence-electron chi connectivity index (χ0n) is 10.5. The molecule has 1 heterocycles. The lowest BCUT2D eigenvalue weighted by Gasteiger charge is -2.05. The second-order valence-corrected chi connectivity index (χ2v) is 5.12. The predicted octanol–water partition coefficient (Wildman–Crippen LogP) is 1.82. The molecule has 0 fully saturated rings. The number of nitrogens with one attached hydrogen (secondary N) is 1. The zero-order valence-corrected chi connectivity index (χ0v) is 11.3. The van der Waals surface area contributed by atoms with E-state index in [0.717, 1.165) is 5.56 Å². The van der Waals surface area contributed by atoms with Gasteiger partial charge in [0, 0.05) is 12.3 Å². The van der Waals surface area contributed by atoms with Crippen molar-refractivity contribution in [3.63, 3.8) is 0 Å². The van der Waals surface area contributed by atoms with Crippen LogP contribution >= 0.6 is 11.3 Å². The number of carbonyl (C=O) groups is 1. The number of rotatable bonds is 4. The number of benzene rings is 1. The van der Waals surface area contributed by atoms with Crippen molar-refractivity contribution in [1.29, 1.82) is 0 Å². The average Bonchev–Trinajstić information content (AvgIpc) is 2.71. The monoisotopic (exact) mass is 277 g/mol. The first kappa shape index (κ1) is 13.5. The fraction of sp³-hybridized carbons (Fsp3) is 0.231. The van der Waals surface area contributed by atoms with Crippen LogP contribution in [0, 0.1) is 6.92 Å². The molecule has 0 aliphatic carbocycles. The van der Waals surface area contributed by atoms with E-state index in [0.29, 0.717) is 27.8 Å². The van der Waals surface area contributed by atoms with Gasteiger partial charge in [-0.3, -0.25) is 4.79 Å². The topological polar surface area (TPSA) is 88.2 Å². The quantitative estimate of drug-likeness (QED) is 0.795. The van der Waals surface area contributed by atoms with Crippen LogP contribution < -0.4 is 11.1 Å². The number of thiazole rings is 1. The first-order valence-corrected chi connectivity index (χ1v) is 6.66. The van der Waals surface area contributed by atoms with Crippen molar-refractivity contribution < 1.29 is 9.90 Å². The van der Waals surface area contributed by atoms with Gasteiger partial charge in [-0.15, -0.1) is 0 Å². The van der Waals surface area contributed by atoms with Gasteiger partial charge >= 0.3 is 0 Å². The standard InChI is InChI=1S/C13H15N3O2S/c1-8-11(19-13(14)15-8)12(18)16-10-4-2-9(3-5-10)6-7-17/h2-5,17H,6-7H2,1H3,(H2,14,15)(H,16,18). The number of anilines is 2. The molecule has 0 aliphatic rings. The summed E-state index contributed by atoms with van der Waals surface area (Å²) >= 11 is 1.17. The molecule has 0 atom stereocenters. The normalized spacial score (nSPS) is 10.4. The first-order chi connectivity index (χ1) is 9.10. The highest BCUT2D eigenvalue weighted by atomic mass is 32.1. The second kappa shape index (κ2) is 5.81. The molecule has 0 saturated carbocycles. The molecule has 1 aromatic carbocycles. The Balaban J connectivity index is 2.08. The minimum atomic E-state index is -0.207. The number of nitrogens with zero attached hydrogens (tertiary/aromatic N) is 1. The largest absolute Gasteiger partial charge is 0.396 e. The highest BCUT2D eigenvalue weighted by Crippen LogP contribution is 2.21.